The molecule has 0 aromatic carbocycles. The van der Waals surface area contributed by atoms with E-state index in [1.54, 1.807) is 24.5 Å². The van der Waals surface area contributed by atoms with Crippen molar-refractivity contribution in [1.29, 1.82) is 0 Å². The maximum Gasteiger partial charge on any atom is 0.407 e. The molecule has 3 aromatic heterocycles. The smallest absolute Gasteiger partial charge is 0.407 e. The van der Waals surface area contributed by atoms with Crippen molar-refractivity contribution in [2.45, 2.75) is 32.6 Å². The highest BCUT2D eigenvalue weighted by Gasteiger charge is 2.24. The van der Waals surface area contributed by atoms with Crippen molar-refractivity contribution in [3.8, 4) is 17.1 Å². The topological polar surface area (TPSA) is 120 Å². The molecule has 3 aromatic rings. The fourth-order valence-corrected chi connectivity index (χ4v) is 4.01. The highest BCUT2D eigenvalue weighted by atomic mass is 16.5. The Labute approximate surface area is 191 Å². The van der Waals surface area contributed by atoms with E-state index >= 15 is 0 Å². The van der Waals surface area contributed by atoms with E-state index in [2.05, 4.69) is 26.3 Å². The maximum atomic E-state index is 13.0. The molecule has 0 unspecified atom stereocenters. The summed E-state index contributed by atoms with van der Waals surface area (Å²) in [6.45, 7) is 2.84. The van der Waals surface area contributed by atoms with Gasteiger partial charge in [-0.1, -0.05) is 13.0 Å². The van der Waals surface area contributed by atoms with Crippen molar-refractivity contribution in [3.63, 3.8) is 0 Å². The average Bonchev–Trinajstić information content (AvgIpc) is 3.15. The number of aromatic amines is 1. The maximum absolute atomic E-state index is 13.0. The van der Waals surface area contributed by atoms with Crippen molar-refractivity contribution in [2.75, 3.05) is 25.0 Å². The molecule has 0 spiro atoms. The molecule has 1 aliphatic rings. The fraction of sp³-hybridized carbons (Fsp3) is 0.333. The van der Waals surface area contributed by atoms with Crippen LogP contribution in [0.5, 0.6) is 5.88 Å². The van der Waals surface area contributed by atoms with Crippen molar-refractivity contribution in [1.82, 2.24) is 19.9 Å². The van der Waals surface area contributed by atoms with Crippen molar-refractivity contribution in [2.24, 2.45) is 0 Å². The second-order valence-corrected chi connectivity index (χ2v) is 7.88. The molecule has 0 bridgehead atoms. The zero-order chi connectivity index (χ0) is 23.2. The number of aryl methyl sites for hydroxylation is 2. The van der Waals surface area contributed by atoms with Crippen LogP contribution in [0.25, 0.3) is 11.3 Å². The number of amides is 2. The van der Waals surface area contributed by atoms with Gasteiger partial charge < -0.3 is 25.0 Å². The van der Waals surface area contributed by atoms with E-state index in [4.69, 9.17) is 9.84 Å². The Morgan fingerprint density at radius 1 is 1.21 bits per heavy atom. The normalized spacial score (nSPS) is 12.3. The van der Waals surface area contributed by atoms with Crippen LogP contribution < -0.4 is 10.1 Å². The lowest BCUT2D eigenvalue weighted by Gasteiger charge is -2.18. The molecule has 0 saturated heterocycles. The molecular weight excluding hydrogens is 422 g/mol. The van der Waals surface area contributed by atoms with Crippen LogP contribution in [0, 0.1) is 0 Å². The second kappa shape index (κ2) is 10.2. The third-order valence-electron chi connectivity index (χ3n) is 5.58. The van der Waals surface area contributed by atoms with Crippen molar-refractivity contribution in [3.05, 3.63) is 59.7 Å². The lowest BCUT2D eigenvalue weighted by molar-refractivity contribution is 0.102. The first-order valence-electron chi connectivity index (χ1n) is 11.1. The Kier molecular flexibility index (Phi) is 6.87. The van der Waals surface area contributed by atoms with Gasteiger partial charge in [-0.25, -0.2) is 9.78 Å². The molecular formula is C24H27N5O4. The van der Waals surface area contributed by atoms with Gasteiger partial charge in [-0.05, 0) is 43.4 Å². The third-order valence-corrected chi connectivity index (χ3v) is 5.58. The monoisotopic (exact) mass is 449 g/mol. The van der Waals surface area contributed by atoms with E-state index in [0.717, 1.165) is 48.2 Å². The number of carbonyl (C=O) groups excluding carboxylic acids is 1. The minimum Gasteiger partial charge on any atom is -0.476 e. The number of ether oxygens (including phenoxy) is 1. The fourth-order valence-electron chi connectivity index (χ4n) is 4.01. The number of pyridine rings is 2. The molecule has 0 radical (unpaired) electrons. The van der Waals surface area contributed by atoms with Gasteiger partial charge in [-0.3, -0.25) is 9.78 Å². The molecule has 1 aliphatic carbocycles. The number of aromatic nitrogens is 3. The molecule has 0 saturated carbocycles. The minimum absolute atomic E-state index is 0.201. The van der Waals surface area contributed by atoms with Crippen LogP contribution >= 0.6 is 0 Å². The number of hydrogen-bond donors (Lipinski definition) is 3. The Bertz CT molecular complexity index is 1130. The molecule has 3 N–H and O–H groups in total. The van der Waals surface area contributed by atoms with Gasteiger partial charge in [0, 0.05) is 36.3 Å². The number of H-pyrrole nitrogens is 1. The predicted molar refractivity (Wildman–Crippen MR) is 124 cm³/mol. The van der Waals surface area contributed by atoms with Crippen LogP contribution in [-0.4, -0.2) is 56.7 Å². The Morgan fingerprint density at radius 3 is 2.85 bits per heavy atom. The lowest BCUT2D eigenvalue weighted by Crippen LogP contribution is -2.34. The minimum atomic E-state index is -0.966. The van der Waals surface area contributed by atoms with E-state index < -0.39 is 6.09 Å². The summed E-state index contributed by atoms with van der Waals surface area (Å²) >= 11 is 0. The summed E-state index contributed by atoms with van der Waals surface area (Å²) in [5, 5.41) is 12.0. The van der Waals surface area contributed by atoms with E-state index in [1.807, 2.05) is 13.0 Å². The van der Waals surface area contributed by atoms with E-state index in [9.17, 15) is 9.59 Å². The summed E-state index contributed by atoms with van der Waals surface area (Å²) in [7, 11) is 0. The zero-order valence-corrected chi connectivity index (χ0v) is 18.5. The van der Waals surface area contributed by atoms with Crippen LogP contribution in [-0.2, 0) is 12.8 Å². The molecule has 3 heterocycles. The van der Waals surface area contributed by atoms with Crippen LogP contribution in [0.2, 0.25) is 0 Å². The average molecular weight is 450 g/mol. The predicted octanol–water partition coefficient (Wildman–Crippen LogP) is 3.98. The van der Waals surface area contributed by atoms with Gasteiger partial charge in [0.15, 0.2) is 0 Å². The van der Waals surface area contributed by atoms with Crippen LogP contribution in [0.4, 0.5) is 10.5 Å². The van der Waals surface area contributed by atoms with E-state index in [1.165, 1.54) is 11.1 Å². The molecule has 0 atom stereocenters. The molecule has 4 rings (SSSR count). The first-order valence-corrected chi connectivity index (χ1v) is 11.1. The zero-order valence-electron chi connectivity index (χ0n) is 18.5. The number of rotatable bonds is 8. The first kappa shape index (κ1) is 22.3. The summed E-state index contributed by atoms with van der Waals surface area (Å²) < 4.78 is 5.55. The Balaban J connectivity index is 1.41. The molecule has 9 nitrogen and oxygen atoms in total. The number of hydrogen-bond acceptors (Lipinski definition) is 5. The number of fused-ring (bicyclic) bond motifs is 3. The summed E-state index contributed by atoms with van der Waals surface area (Å²) in [6, 6.07) is 7.34. The van der Waals surface area contributed by atoms with Crippen LogP contribution in [0.3, 0.4) is 0 Å². The first-order chi connectivity index (χ1) is 16.1. The summed E-state index contributed by atoms with van der Waals surface area (Å²) in [5.74, 6) is 0.126. The van der Waals surface area contributed by atoms with Gasteiger partial charge >= 0.3 is 6.09 Å². The quantitative estimate of drug-likeness (QED) is 0.478. The molecule has 172 valence electrons. The number of nitrogens with zero attached hydrogens (tertiary/aromatic N) is 3. The van der Waals surface area contributed by atoms with Crippen molar-refractivity contribution >= 4 is 17.7 Å². The lowest BCUT2D eigenvalue weighted by atomic mass is 10.0. The largest absolute Gasteiger partial charge is 0.476 e. The number of carbonyl (C=O) groups is 2. The van der Waals surface area contributed by atoms with Gasteiger partial charge in [0.05, 0.1) is 29.7 Å². The molecule has 33 heavy (non-hydrogen) atoms. The van der Waals surface area contributed by atoms with Crippen molar-refractivity contribution < 1.29 is 19.4 Å². The SMILES string of the molecule is CCCN(CCOc1ccc(NC(=O)c2c[nH]c3c2-c2ncccc2CCC3)cn1)C(=O)O. The highest BCUT2D eigenvalue weighted by molar-refractivity contribution is 6.09. The van der Waals surface area contributed by atoms with Gasteiger partial charge in [-0.2, -0.15) is 0 Å². The number of nitrogens with one attached hydrogen (secondary N) is 2. The summed E-state index contributed by atoms with van der Waals surface area (Å²) in [4.78, 5) is 37.5. The third kappa shape index (κ3) is 5.14. The summed E-state index contributed by atoms with van der Waals surface area (Å²) in [6.07, 6.45) is 7.58. The van der Waals surface area contributed by atoms with Crippen LogP contribution in [0.15, 0.2) is 42.9 Å². The standard InChI is InChI=1S/C24H27N5O4/c1-2-11-29(24(31)32)12-13-33-20-9-8-17(14-27-20)28-23(30)18-15-26-19-7-3-5-16-6-4-10-25-22(16)21(18)19/h4,6,8-10,14-15,26H,2-3,5,7,11-13H2,1H3,(H,28,30)(H,31,32). The molecule has 0 fully saturated rings. The molecule has 0 aliphatic heterocycles. The Hall–Kier alpha value is -3.88. The van der Waals surface area contributed by atoms with E-state index in [-0.39, 0.29) is 19.1 Å². The van der Waals surface area contributed by atoms with Crippen LogP contribution in [0.1, 0.15) is 41.4 Å². The van der Waals surface area contributed by atoms with Gasteiger partial charge in [0.25, 0.3) is 5.91 Å². The Morgan fingerprint density at radius 2 is 2.09 bits per heavy atom. The van der Waals surface area contributed by atoms with Gasteiger partial charge in [-0.15, -0.1) is 0 Å². The summed E-state index contributed by atoms with van der Waals surface area (Å²) in [5.41, 5.74) is 4.99. The number of carboxylic acid groups (broad SMARTS) is 1. The second-order valence-electron chi connectivity index (χ2n) is 7.88. The highest BCUT2D eigenvalue weighted by Crippen LogP contribution is 2.33. The van der Waals surface area contributed by atoms with E-state index in [0.29, 0.717) is 23.7 Å². The number of anilines is 1. The van der Waals surface area contributed by atoms with Gasteiger partial charge in [0.2, 0.25) is 5.88 Å². The molecule has 9 heteroatoms. The van der Waals surface area contributed by atoms with Gasteiger partial charge in [0.1, 0.15) is 6.61 Å². The molecule has 2 amide bonds.